The van der Waals surface area contributed by atoms with Crippen molar-refractivity contribution >= 4 is 34.5 Å². The number of hydrogen-bond donors (Lipinski definition) is 3. The Labute approximate surface area is 281 Å². The fraction of sp³-hybridized carbons (Fsp3) is 0.378. The average Bonchev–Trinajstić information content (AvgIpc) is 3.73. The summed E-state index contributed by atoms with van der Waals surface area (Å²) in [5.41, 5.74) is 5.54. The van der Waals surface area contributed by atoms with E-state index in [1.807, 2.05) is 85.6 Å². The van der Waals surface area contributed by atoms with Crippen LogP contribution in [0.3, 0.4) is 0 Å². The number of anilines is 2. The Kier molecular flexibility index (Phi) is 11.0. The number of benzene rings is 3. The van der Waals surface area contributed by atoms with Gasteiger partial charge in [0.1, 0.15) is 16.5 Å². The zero-order valence-electron chi connectivity index (χ0n) is 27.9. The first-order valence-corrected chi connectivity index (χ1v) is 17.0. The van der Waals surface area contributed by atoms with E-state index >= 15 is 0 Å². The molecule has 4 aromatic rings. The molecule has 1 aliphatic rings. The Bertz CT molecular complexity index is 1700. The lowest BCUT2D eigenvalue weighted by Gasteiger charge is -2.24. The second-order valence-electron chi connectivity index (χ2n) is 12.4. The first-order chi connectivity index (χ1) is 22.6. The van der Waals surface area contributed by atoms with Gasteiger partial charge in [-0.1, -0.05) is 18.2 Å². The topological polar surface area (TPSA) is 107 Å². The highest BCUT2D eigenvalue weighted by atomic mass is 32.1. The molecule has 3 aromatic carbocycles. The molecule has 0 unspecified atom stereocenters. The van der Waals surface area contributed by atoms with Gasteiger partial charge in [-0.05, 0) is 99.5 Å². The van der Waals surface area contributed by atoms with E-state index in [0.29, 0.717) is 42.7 Å². The molecular formula is C37H45N5O4S. The van der Waals surface area contributed by atoms with Crippen LogP contribution in [0.2, 0.25) is 0 Å². The zero-order chi connectivity index (χ0) is 33.5. The Morgan fingerprint density at radius 1 is 1.09 bits per heavy atom. The molecular weight excluding hydrogens is 611 g/mol. The smallest absolute Gasteiger partial charge is 0.254 e. The summed E-state index contributed by atoms with van der Waals surface area (Å²) in [7, 11) is 5.47. The van der Waals surface area contributed by atoms with Crippen molar-refractivity contribution in [2.45, 2.75) is 58.0 Å². The van der Waals surface area contributed by atoms with Crippen LogP contribution in [0.25, 0.3) is 0 Å². The van der Waals surface area contributed by atoms with Gasteiger partial charge in [0.05, 0.1) is 18.8 Å². The third-order valence-electron chi connectivity index (χ3n) is 8.55. The van der Waals surface area contributed by atoms with Crippen molar-refractivity contribution in [2.24, 2.45) is 0 Å². The number of hydrogen-bond acceptors (Lipinski definition) is 8. The van der Waals surface area contributed by atoms with E-state index in [4.69, 9.17) is 4.74 Å². The van der Waals surface area contributed by atoms with Crippen molar-refractivity contribution in [1.29, 1.82) is 0 Å². The van der Waals surface area contributed by atoms with Crippen molar-refractivity contribution in [3.63, 3.8) is 0 Å². The van der Waals surface area contributed by atoms with Gasteiger partial charge < -0.3 is 30.3 Å². The van der Waals surface area contributed by atoms with Crippen molar-refractivity contribution in [3.8, 4) is 11.5 Å². The third kappa shape index (κ3) is 8.62. The number of nitrogens with one attached hydrogen (secondary N) is 2. The number of methoxy groups -OCH3 is 1. The maximum Gasteiger partial charge on any atom is 0.254 e. The number of phenolic OH excluding ortho intramolecular Hbond substituents is 1. The van der Waals surface area contributed by atoms with E-state index in [1.165, 1.54) is 0 Å². The predicted molar refractivity (Wildman–Crippen MR) is 189 cm³/mol. The summed E-state index contributed by atoms with van der Waals surface area (Å²) in [6, 6.07) is 18.9. The maximum atomic E-state index is 13.8. The maximum absolute atomic E-state index is 13.8. The molecule has 1 aromatic heterocycles. The van der Waals surface area contributed by atoms with Crippen LogP contribution < -0.4 is 20.3 Å². The number of rotatable bonds is 13. The summed E-state index contributed by atoms with van der Waals surface area (Å²) in [5, 5.41) is 20.0. The fourth-order valence-corrected chi connectivity index (χ4v) is 6.84. The van der Waals surface area contributed by atoms with Crippen molar-refractivity contribution in [3.05, 3.63) is 99.0 Å². The Morgan fingerprint density at radius 3 is 2.60 bits per heavy atom. The van der Waals surface area contributed by atoms with Crippen molar-refractivity contribution in [2.75, 3.05) is 44.5 Å². The highest BCUT2D eigenvalue weighted by Crippen LogP contribution is 2.35. The monoisotopic (exact) mass is 655 g/mol. The number of carbonyl (C=O) groups is 2. The number of aryl methyl sites for hydroxylation is 2. The minimum Gasteiger partial charge on any atom is -0.506 e. The van der Waals surface area contributed by atoms with Crippen LogP contribution in [-0.2, 0) is 12.8 Å². The molecule has 9 nitrogen and oxygen atoms in total. The number of carbonyl (C=O) groups excluding carboxylic acids is 2. The van der Waals surface area contributed by atoms with Crippen LogP contribution in [-0.4, -0.2) is 67.1 Å². The second kappa shape index (κ2) is 15.3. The van der Waals surface area contributed by atoms with Crippen LogP contribution >= 0.6 is 11.3 Å². The van der Waals surface area contributed by atoms with Crippen LogP contribution in [0.5, 0.6) is 11.5 Å². The average molecular weight is 656 g/mol. The van der Waals surface area contributed by atoms with Crippen LogP contribution in [0.4, 0.5) is 11.4 Å². The molecule has 248 valence electrons. The lowest BCUT2D eigenvalue weighted by molar-refractivity contribution is 0.0735. The van der Waals surface area contributed by atoms with Gasteiger partial charge in [0.2, 0.25) is 0 Å². The lowest BCUT2D eigenvalue weighted by atomic mass is 10.0. The van der Waals surface area contributed by atoms with E-state index in [0.717, 1.165) is 52.5 Å². The number of thiazole rings is 1. The summed E-state index contributed by atoms with van der Waals surface area (Å²) < 4.78 is 5.29. The Balaban J connectivity index is 1.17. The number of ether oxygens (including phenoxy) is 1. The van der Waals surface area contributed by atoms with Gasteiger partial charge in [-0.3, -0.25) is 9.59 Å². The highest BCUT2D eigenvalue weighted by molar-refractivity contribution is 7.09. The molecule has 3 N–H and O–H groups in total. The van der Waals surface area contributed by atoms with E-state index in [1.54, 1.807) is 30.6 Å². The van der Waals surface area contributed by atoms with Gasteiger partial charge in [-0.2, -0.15) is 0 Å². The fourth-order valence-electron chi connectivity index (χ4n) is 5.90. The van der Waals surface area contributed by atoms with E-state index in [-0.39, 0.29) is 29.6 Å². The summed E-state index contributed by atoms with van der Waals surface area (Å²) in [6.07, 6.45) is 3.99. The first-order valence-electron chi connectivity index (χ1n) is 16.2. The third-order valence-corrected chi connectivity index (χ3v) is 9.61. The molecule has 0 saturated carbocycles. The van der Waals surface area contributed by atoms with Crippen molar-refractivity contribution in [1.82, 2.24) is 15.2 Å². The number of aromatic hydroxyl groups is 1. The second-order valence-corrected chi connectivity index (χ2v) is 13.3. The zero-order valence-corrected chi connectivity index (χ0v) is 28.7. The largest absolute Gasteiger partial charge is 0.506 e. The normalized spacial score (nSPS) is 14.9. The Hall–Kier alpha value is -4.57. The van der Waals surface area contributed by atoms with Crippen molar-refractivity contribution < 1.29 is 19.4 Å². The number of aromatic nitrogens is 1. The number of likely N-dealkylation sites (tertiary alicyclic amines) is 1. The molecule has 0 spiro atoms. The minimum absolute atomic E-state index is 0.0373. The molecule has 5 rings (SSSR count). The summed E-state index contributed by atoms with van der Waals surface area (Å²) >= 11 is 1.60. The molecule has 47 heavy (non-hydrogen) atoms. The molecule has 1 aliphatic heterocycles. The molecule has 0 bridgehead atoms. The standard InChI is InChI=1S/C37H45N5O4S/c1-24(11-12-27-13-14-32(34(43)19-27)38-16-15-26-8-6-9-31(18-26)46-5)39-35(44)28-20-29(22-30(21-28)41(3)4)37(45)42-17-7-10-33(42)36-40-25(2)23-47-36/h6,8-9,13-14,18-24,33,38,43H,7,10-12,15-17H2,1-5H3,(H,39,44)/t24-,33+/m0/s1. The van der Waals surface area contributed by atoms with E-state index in [9.17, 15) is 14.7 Å². The van der Waals surface area contributed by atoms with Gasteiger partial charge in [-0.15, -0.1) is 11.3 Å². The SMILES string of the molecule is COc1cccc(CCNc2ccc(CC[C@H](C)NC(=O)c3cc(C(=O)N4CCC[C@@H]4c4nc(C)cs4)cc(N(C)C)c3)cc2O)c1. The molecule has 0 radical (unpaired) electrons. The molecule has 10 heteroatoms. The summed E-state index contributed by atoms with van der Waals surface area (Å²) in [6.45, 7) is 5.29. The van der Waals surface area contributed by atoms with Gasteiger partial charge in [0.15, 0.2) is 0 Å². The van der Waals surface area contributed by atoms with Crippen LogP contribution in [0, 0.1) is 6.92 Å². The molecule has 1 saturated heterocycles. The van der Waals surface area contributed by atoms with Crippen LogP contribution in [0.15, 0.2) is 66.0 Å². The summed E-state index contributed by atoms with van der Waals surface area (Å²) in [4.78, 5) is 35.7. The minimum atomic E-state index is -0.220. The van der Waals surface area contributed by atoms with Gasteiger partial charge in [-0.25, -0.2) is 4.98 Å². The first kappa shape index (κ1) is 33.8. The lowest BCUT2D eigenvalue weighted by Crippen LogP contribution is -2.34. The molecule has 2 amide bonds. The quantitative estimate of drug-likeness (QED) is 0.139. The van der Waals surface area contributed by atoms with Gasteiger partial charge in [0, 0.05) is 61.1 Å². The van der Waals surface area contributed by atoms with E-state index in [2.05, 4.69) is 21.7 Å². The van der Waals surface area contributed by atoms with E-state index < -0.39 is 0 Å². The summed E-state index contributed by atoms with van der Waals surface area (Å²) in [5.74, 6) is 0.731. The molecule has 0 aliphatic carbocycles. The number of nitrogens with zero attached hydrogens (tertiary/aromatic N) is 3. The van der Waals surface area contributed by atoms with Gasteiger partial charge >= 0.3 is 0 Å². The highest BCUT2D eigenvalue weighted by Gasteiger charge is 2.33. The van der Waals surface area contributed by atoms with Gasteiger partial charge in [0.25, 0.3) is 11.8 Å². The predicted octanol–water partition coefficient (Wildman–Crippen LogP) is 6.61. The number of phenols is 1. The van der Waals surface area contributed by atoms with Crippen LogP contribution in [0.1, 0.15) is 74.8 Å². The number of amides is 2. The molecule has 1 fully saturated rings. The molecule has 2 heterocycles. The molecule has 2 atom stereocenters. The Morgan fingerprint density at radius 2 is 1.87 bits per heavy atom.